The number of nitrogens with one attached hydrogen (secondary N) is 1. The Bertz CT molecular complexity index is 912. The molecule has 8 heteroatoms. The van der Waals surface area contributed by atoms with Crippen molar-refractivity contribution in [3.8, 4) is 22.9 Å². The third kappa shape index (κ3) is 4.85. The van der Waals surface area contributed by atoms with E-state index in [2.05, 4.69) is 20.4 Å². The summed E-state index contributed by atoms with van der Waals surface area (Å²) >= 11 is 0. The molecule has 0 aliphatic rings. The molecule has 0 fully saturated rings. The van der Waals surface area contributed by atoms with Crippen LogP contribution in [0.1, 0.15) is 30.1 Å². The molecular formula is C20H22N4O4. The molecule has 2 heterocycles. The maximum atomic E-state index is 12.2. The third-order valence-corrected chi connectivity index (χ3v) is 3.87. The summed E-state index contributed by atoms with van der Waals surface area (Å²) in [7, 11) is 0. The summed E-state index contributed by atoms with van der Waals surface area (Å²) in [6, 6.07) is 9.25. The van der Waals surface area contributed by atoms with Gasteiger partial charge in [0.15, 0.2) is 11.5 Å². The number of ether oxygens (including phenoxy) is 2. The van der Waals surface area contributed by atoms with Gasteiger partial charge >= 0.3 is 11.8 Å². The smallest absolute Gasteiger partial charge is 0.316 e. The van der Waals surface area contributed by atoms with Crippen LogP contribution in [0.2, 0.25) is 0 Å². The zero-order valence-corrected chi connectivity index (χ0v) is 15.8. The highest BCUT2D eigenvalue weighted by molar-refractivity contribution is 5.89. The average molecular weight is 382 g/mol. The summed E-state index contributed by atoms with van der Waals surface area (Å²) in [5.41, 5.74) is 1.76. The molecule has 2 aromatic heterocycles. The summed E-state index contributed by atoms with van der Waals surface area (Å²) in [5.74, 6) is 1.27. The molecule has 8 nitrogen and oxygen atoms in total. The molecule has 3 rings (SSSR count). The highest BCUT2D eigenvalue weighted by Gasteiger charge is 2.15. The van der Waals surface area contributed by atoms with E-state index in [4.69, 9.17) is 14.0 Å². The first-order chi connectivity index (χ1) is 13.7. The fourth-order valence-electron chi connectivity index (χ4n) is 2.58. The van der Waals surface area contributed by atoms with E-state index in [9.17, 15) is 4.79 Å². The van der Waals surface area contributed by atoms with Crippen molar-refractivity contribution in [1.82, 2.24) is 20.4 Å². The zero-order chi connectivity index (χ0) is 19.8. The number of aromatic nitrogens is 3. The van der Waals surface area contributed by atoms with Gasteiger partial charge in [0.05, 0.1) is 13.2 Å². The van der Waals surface area contributed by atoms with Crippen molar-refractivity contribution in [2.24, 2.45) is 0 Å². The topological polar surface area (TPSA) is 99.4 Å². The van der Waals surface area contributed by atoms with Gasteiger partial charge in [-0.15, -0.1) is 0 Å². The number of hydrogen-bond acceptors (Lipinski definition) is 7. The molecule has 0 saturated heterocycles. The highest BCUT2D eigenvalue weighted by Crippen LogP contribution is 2.28. The molecule has 1 aromatic carbocycles. The van der Waals surface area contributed by atoms with Gasteiger partial charge in [-0.3, -0.25) is 9.78 Å². The molecule has 0 aliphatic carbocycles. The van der Waals surface area contributed by atoms with Crippen molar-refractivity contribution in [3.05, 3.63) is 54.2 Å². The average Bonchev–Trinajstić information content (AvgIpc) is 3.21. The first-order valence-corrected chi connectivity index (χ1v) is 9.12. The monoisotopic (exact) mass is 382 g/mol. The SMILES string of the molecule is CCOc1ccc(CCNC(=O)c2nc(-c3ccncc3)no2)cc1OCC. The minimum atomic E-state index is -0.413. The van der Waals surface area contributed by atoms with Crippen LogP contribution in [0.3, 0.4) is 0 Å². The second-order valence-corrected chi connectivity index (χ2v) is 5.81. The van der Waals surface area contributed by atoms with Crippen LogP contribution >= 0.6 is 0 Å². The highest BCUT2D eigenvalue weighted by atomic mass is 16.5. The molecule has 0 spiro atoms. The minimum Gasteiger partial charge on any atom is -0.490 e. The van der Waals surface area contributed by atoms with E-state index >= 15 is 0 Å². The van der Waals surface area contributed by atoms with Crippen LogP contribution in [-0.4, -0.2) is 40.8 Å². The van der Waals surface area contributed by atoms with Crippen LogP contribution in [0.4, 0.5) is 0 Å². The minimum absolute atomic E-state index is 0.0755. The summed E-state index contributed by atoms with van der Waals surface area (Å²) in [6.07, 6.45) is 3.88. The molecular weight excluding hydrogens is 360 g/mol. The second kappa shape index (κ2) is 9.50. The van der Waals surface area contributed by atoms with E-state index < -0.39 is 5.91 Å². The molecule has 0 atom stereocenters. The number of carbonyl (C=O) groups is 1. The number of benzene rings is 1. The number of nitrogens with zero attached hydrogens (tertiary/aromatic N) is 3. The summed E-state index contributed by atoms with van der Waals surface area (Å²) < 4.78 is 16.2. The van der Waals surface area contributed by atoms with Crippen LogP contribution < -0.4 is 14.8 Å². The Hall–Kier alpha value is -3.42. The molecule has 146 valence electrons. The maximum Gasteiger partial charge on any atom is 0.316 e. The third-order valence-electron chi connectivity index (χ3n) is 3.87. The largest absolute Gasteiger partial charge is 0.490 e. The molecule has 0 unspecified atom stereocenters. The van der Waals surface area contributed by atoms with Crippen molar-refractivity contribution >= 4 is 5.91 Å². The Labute approximate surface area is 162 Å². The summed E-state index contributed by atoms with van der Waals surface area (Å²) in [4.78, 5) is 20.3. The van der Waals surface area contributed by atoms with Crippen molar-refractivity contribution in [3.63, 3.8) is 0 Å². The zero-order valence-electron chi connectivity index (χ0n) is 15.8. The van der Waals surface area contributed by atoms with Gasteiger partial charge in [0.1, 0.15) is 0 Å². The number of amides is 1. The number of carbonyl (C=O) groups excluding carboxylic acids is 1. The Morgan fingerprint density at radius 1 is 1.07 bits per heavy atom. The van der Waals surface area contributed by atoms with E-state index in [-0.39, 0.29) is 5.89 Å². The van der Waals surface area contributed by atoms with Crippen LogP contribution in [-0.2, 0) is 6.42 Å². The fourth-order valence-corrected chi connectivity index (χ4v) is 2.58. The van der Waals surface area contributed by atoms with Crippen LogP contribution in [0.25, 0.3) is 11.4 Å². The standard InChI is InChI=1S/C20H22N4O4/c1-3-26-16-6-5-14(13-17(16)27-4-2)7-12-22-19(25)20-23-18(24-28-20)15-8-10-21-11-9-15/h5-6,8-11,13H,3-4,7,12H2,1-2H3,(H,22,25). The van der Waals surface area contributed by atoms with Gasteiger partial charge in [-0.05, 0) is 50.1 Å². The van der Waals surface area contributed by atoms with Gasteiger partial charge < -0.3 is 19.3 Å². The number of pyridine rings is 1. The van der Waals surface area contributed by atoms with Gasteiger partial charge in [0.25, 0.3) is 0 Å². The van der Waals surface area contributed by atoms with E-state index in [0.717, 1.165) is 11.1 Å². The lowest BCUT2D eigenvalue weighted by atomic mass is 10.1. The van der Waals surface area contributed by atoms with Gasteiger partial charge in [-0.25, -0.2) is 0 Å². The van der Waals surface area contributed by atoms with Gasteiger partial charge in [0.2, 0.25) is 5.82 Å². The molecule has 1 N–H and O–H groups in total. The molecule has 1 amide bonds. The predicted molar refractivity (Wildman–Crippen MR) is 102 cm³/mol. The van der Waals surface area contributed by atoms with Gasteiger partial charge in [0, 0.05) is 24.5 Å². The molecule has 0 radical (unpaired) electrons. The first kappa shape index (κ1) is 19.3. The van der Waals surface area contributed by atoms with E-state index in [1.165, 1.54) is 0 Å². The van der Waals surface area contributed by atoms with Crippen molar-refractivity contribution in [1.29, 1.82) is 0 Å². The summed E-state index contributed by atoms with van der Waals surface area (Å²) in [5, 5.41) is 6.61. The Morgan fingerprint density at radius 3 is 2.57 bits per heavy atom. The van der Waals surface area contributed by atoms with E-state index in [0.29, 0.717) is 43.5 Å². The second-order valence-electron chi connectivity index (χ2n) is 5.81. The van der Waals surface area contributed by atoms with Crippen LogP contribution in [0, 0.1) is 0 Å². The first-order valence-electron chi connectivity index (χ1n) is 9.12. The maximum absolute atomic E-state index is 12.2. The van der Waals surface area contributed by atoms with Gasteiger partial charge in [-0.1, -0.05) is 11.2 Å². The fraction of sp³-hybridized carbons (Fsp3) is 0.300. The van der Waals surface area contributed by atoms with Crippen molar-refractivity contribution in [2.75, 3.05) is 19.8 Å². The Kier molecular flexibility index (Phi) is 6.56. The lowest BCUT2D eigenvalue weighted by molar-refractivity contribution is 0.0910. The molecule has 3 aromatic rings. The Balaban J connectivity index is 1.57. The Morgan fingerprint density at radius 2 is 1.82 bits per heavy atom. The van der Waals surface area contributed by atoms with E-state index in [1.807, 2.05) is 32.0 Å². The van der Waals surface area contributed by atoms with Crippen LogP contribution in [0.5, 0.6) is 11.5 Å². The van der Waals surface area contributed by atoms with Crippen molar-refractivity contribution in [2.45, 2.75) is 20.3 Å². The van der Waals surface area contributed by atoms with E-state index in [1.54, 1.807) is 24.5 Å². The molecule has 28 heavy (non-hydrogen) atoms. The predicted octanol–water partition coefficient (Wildman–Crippen LogP) is 2.90. The quantitative estimate of drug-likeness (QED) is 0.607. The van der Waals surface area contributed by atoms with Gasteiger partial charge in [-0.2, -0.15) is 4.98 Å². The van der Waals surface area contributed by atoms with Crippen LogP contribution in [0.15, 0.2) is 47.2 Å². The molecule has 0 saturated carbocycles. The lowest BCUT2D eigenvalue weighted by Gasteiger charge is -2.12. The number of rotatable bonds is 9. The lowest BCUT2D eigenvalue weighted by Crippen LogP contribution is -2.26. The number of hydrogen-bond donors (Lipinski definition) is 1. The normalized spacial score (nSPS) is 10.5. The molecule has 0 aliphatic heterocycles. The van der Waals surface area contributed by atoms with Crippen molar-refractivity contribution < 1.29 is 18.8 Å². The summed E-state index contributed by atoms with van der Waals surface area (Å²) in [6.45, 7) is 5.40. The molecule has 0 bridgehead atoms.